The fourth-order valence-electron chi connectivity index (χ4n) is 2.83. The van der Waals surface area contributed by atoms with Crippen molar-refractivity contribution in [1.82, 2.24) is 14.9 Å². The van der Waals surface area contributed by atoms with E-state index >= 15 is 0 Å². The lowest BCUT2D eigenvalue weighted by Gasteiger charge is -2.39. The zero-order chi connectivity index (χ0) is 13.7. The Morgan fingerprint density at radius 3 is 3.05 bits per heavy atom. The fourth-order valence-corrected chi connectivity index (χ4v) is 2.83. The summed E-state index contributed by atoms with van der Waals surface area (Å²) in [6.45, 7) is 3.14. The quantitative estimate of drug-likeness (QED) is 0.882. The van der Waals surface area contributed by atoms with Gasteiger partial charge in [-0.25, -0.2) is 0 Å². The van der Waals surface area contributed by atoms with Crippen molar-refractivity contribution in [3.8, 4) is 0 Å². The first-order valence-electron chi connectivity index (χ1n) is 6.92. The Labute approximate surface area is 113 Å². The maximum Gasteiger partial charge on any atom is 0.303 e. The standard InChI is InChI=1S/C14H21N3O2/c1-11(13-10-15-7-8-16-13)17-9-3-2-4-12(17)5-6-14(18)19/h7-8,10-12H,2-6,9H2,1H3,(H,18,19). The molecular formula is C14H21N3O2. The first-order chi connectivity index (χ1) is 9.18. The van der Waals surface area contributed by atoms with Crippen LogP contribution in [0.4, 0.5) is 0 Å². The Morgan fingerprint density at radius 2 is 2.37 bits per heavy atom. The van der Waals surface area contributed by atoms with Crippen molar-refractivity contribution < 1.29 is 9.90 Å². The first-order valence-corrected chi connectivity index (χ1v) is 6.92. The molecule has 0 radical (unpaired) electrons. The summed E-state index contributed by atoms with van der Waals surface area (Å²) in [5.74, 6) is -0.710. The number of carbonyl (C=O) groups is 1. The van der Waals surface area contributed by atoms with E-state index in [1.54, 1.807) is 18.6 Å². The summed E-state index contributed by atoms with van der Waals surface area (Å²) in [6.07, 6.45) is 9.60. The highest BCUT2D eigenvalue weighted by molar-refractivity contribution is 5.66. The average Bonchev–Trinajstić information content (AvgIpc) is 2.45. The molecule has 0 spiro atoms. The first kappa shape index (κ1) is 13.9. The Morgan fingerprint density at radius 1 is 1.53 bits per heavy atom. The highest BCUT2D eigenvalue weighted by Crippen LogP contribution is 2.29. The minimum atomic E-state index is -0.710. The third kappa shape index (κ3) is 3.73. The minimum Gasteiger partial charge on any atom is -0.481 e. The van der Waals surface area contributed by atoms with Crippen LogP contribution in [0.25, 0.3) is 0 Å². The number of carboxylic acids is 1. The largest absolute Gasteiger partial charge is 0.481 e. The van der Waals surface area contributed by atoms with Crippen molar-refractivity contribution in [2.75, 3.05) is 6.54 Å². The van der Waals surface area contributed by atoms with Gasteiger partial charge in [0.25, 0.3) is 0 Å². The molecule has 1 aliphatic rings. The summed E-state index contributed by atoms with van der Waals surface area (Å²) < 4.78 is 0. The number of carboxylic acid groups (broad SMARTS) is 1. The smallest absolute Gasteiger partial charge is 0.303 e. The number of hydrogen-bond acceptors (Lipinski definition) is 4. The summed E-state index contributed by atoms with van der Waals surface area (Å²) in [6, 6.07) is 0.551. The van der Waals surface area contributed by atoms with Crippen LogP contribution in [0.1, 0.15) is 50.8 Å². The van der Waals surface area contributed by atoms with Gasteiger partial charge < -0.3 is 5.11 Å². The van der Waals surface area contributed by atoms with E-state index in [0.29, 0.717) is 6.04 Å². The van der Waals surface area contributed by atoms with Crippen molar-refractivity contribution in [3.63, 3.8) is 0 Å². The van der Waals surface area contributed by atoms with E-state index in [0.717, 1.165) is 25.1 Å². The zero-order valence-corrected chi connectivity index (χ0v) is 11.3. The molecule has 0 saturated carbocycles. The van der Waals surface area contributed by atoms with Gasteiger partial charge in [0.05, 0.1) is 11.7 Å². The molecule has 1 aromatic heterocycles. The molecule has 0 amide bonds. The molecule has 1 saturated heterocycles. The molecule has 5 nitrogen and oxygen atoms in total. The molecule has 2 rings (SSSR count). The van der Waals surface area contributed by atoms with Gasteiger partial charge in [-0.2, -0.15) is 0 Å². The summed E-state index contributed by atoms with van der Waals surface area (Å²) in [7, 11) is 0. The van der Waals surface area contributed by atoms with Crippen LogP contribution < -0.4 is 0 Å². The van der Waals surface area contributed by atoms with Crippen molar-refractivity contribution in [3.05, 3.63) is 24.3 Å². The van der Waals surface area contributed by atoms with Crippen molar-refractivity contribution in [1.29, 1.82) is 0 Å². The Balaban J connectivity index is 2.04. The zero-order valence-electron chi connectivity index (χ0n) is 11.3. The molecule has 5 heteroatoms. The lowest BCUT2D eigenvalue weighted by atomic mass is 9.95. The Bertz CT molecular complexity index is 410. The summed E-state index contributed by atoms with van der Waals surface area (Å²) in [4.78, 5) is 21.6. The van der Waals surface area contributed by atoms with E-state index in [2.05, 4.69) is 21.8 Å². The normalized spacial score (nSPS) is 22.1. The second-order valence-electron chi connectivity index (χ2n) is 5.13. The van der Waals surface area contributed by atoms with Crippen LogP contribution in [0.5, 0.6) is 0 Å². The van der Waals surface area contributed by atoms with E-state index in [4.69, 9.17) is 5.11 Å². The minimum absolute atomic E-state index is 0.202. The number of hydrogen-bond donors (Lipinski definition) is 1. The van der Waals surface area contributed by atoms with Crippen molar-refractivity contribution in [2.45, 2.75) is 51.1 Å². The second-order valence-corrected chi connectivity index (χ2v) is 5.13. The van der Waals surface area contributed by atoms with Gasteiger partial charge in [0.2, 0.25) is 0 Å². The van der Waals surface area contributed by atoms with E-state index in [1.165, 1.54) is 12.8 Å². The number of piperidine rings is 1. The van der Waals surface area contributed by atoms with E-state index in [1.807, 2.05) is 0 Å². The van der Waals surface area contributed by atoms with Gasteiger partial charge >= 0.3 is 5.97 Å². The summed E-state index contributed by atoms with van der Waals surface area (Å²) in [5.41, 5.74) is 0.963. The predicted molar refractivity (Wildman–Crippen MR) is 71.7 cm³/mol. The van der Waals surface area contributed by atoms with Crippen LogP contribution in [0.3, 0.4) is 0 Å². The van der Waals surface area contributed by atoms with Gasteiger partial charge in [0.1, 0.15) is 0 Å². The van der Waals surface area contributed by atoms with Crippen LogP contribution in [0.2, 0.25) is 0 Å². The predicted octanol–water partition coefficient (Wildman–Crippen LogP) is 2.26. The van der Waals surface area contributed by atoms with E-state index in [-0.39, 0.29) is 12.5 Å². The molecular weight excluding hydrogens is 242 g/mol. The molecule has 0 aliphatic carbocycles. The van der Waals surface area contributed by atoms with E-state index in [9.17, 15) is 4.79 Å². The van der Waals surface area contributed by atoms with Gasteiger partial charge in [-0.1, -0.05) is 6.42 Å². The van der Waals surface area contributed by atoms with Gasteiger partial charge in [0.15, 0.2) is 0 Å². The number of rotatable bonds is 5. The monoisotopic (exact) mass is 263 g/mol. The van der Waals surface area contributed by atoms with Crippen LogP contribution >= 0.6 is 0 Å². The van der Waals surface area contributed by atoms with Gasteiger partial charge in [-0.15, -0.1) is 0 Å². The SMILES string of the molecule is CC(c1cnccn1)N1CCCCC1CCC(=O)O. The average molecular weight is 263 g/mol. The number of likely N-dealkylation sites (tertiary alicyclic amines) is 1. The lowest BCUT2D eigenvalue weighted by Crippen LogP contribution is -2.41. The van der Waals surface area contributed by atoms with Gasteiger partial charge in [0, 0.05) is 31.1 Å². The van der Waals surface area contributed by atoms with Crippen LogP contribution in [0.15, 0.2) is 18.6 Å². The molecule has 104 valence electrons. The number of nitrogens with zero attached hydrogens (tertiary/aromatic N) is 3. The maximum absolute atomic E-state index is 10.7. The van der Waals surface area contributed by atoms with Crippen molar-refractivity contribution >= 4 is 5.97 Å². The molecule has 1 N–H and O–H groups in total. The lowest BCUT2D eigenvalue weighted by molar-refractivity contribution is -0.137. The molecule has 1 aromatic rings. The molecule has 2 atom stereocenters. The molecule has 1 fully saturated rings. The highest BCUT2D eigenvalue weighted by Gasteiger charge is 2.28. The molecule has 2 heterocycles. The summed E-state index contributed by atoms with van der Waals surface area (Å²) >= 11 is 0. The molecule has 2 unspecified atom stereocenters. The van der Waals surface area contributed by atoms with Crippen LogP contribution in [-0.2, 0) is 4.79 Å². The Hall–Kier alpha value is -1.49. The molecule has 0 bridgehead atoms. The van der Waals surface area contributed by atoms with Crippen molar-refractivity contribution in [2.24, 2.45) is 0 Å². The molecule has 1 aliphatic heterocycles. The number of aliphatic carboxylic acids is 1. The van der Waals surface area contributed by atoms with Gasteiger partial charge in [-0.05, 0) is 32.7 Å². The third-order valence-electron chi connectivity index (χ3n) is 3.87. The fraction of sp³-hybridized carbons (Fsp3) is 0.643. The topological polar surface area (TPSA) is 66.3 Å². The van der Waals surface area contributed by atoms with Crippen LogP contribution in [0, 0.1) is 0 Å². The van der Waals surface area contributed by atoms with Crippen LogP contribution in [-0.4, -0.2) is 38.5 Å². The summed E-state index contributed by atoms with van der Waals surface area (Å²) in [5, 5.41) is 8.85. The van der Waals surface area contributed by atoms with Gasteiger partial charge in [-0.3, -0.25) is 19.7 Å². The maximum atomic E-state index is 10.7. The second kappa shape index (κ2) is 6.61. The molecule has 0 aromatic carbocycles. The highest BCUT2D eigenvalue weighted by atomic mass is 16.4. The Kier molecular flexibility index (Phi) is 4.85. The van der Waals surface area contributed by atoms with E-state index < -0.39 is 5.97 Å². The number of aromatic nitrogens is 2. The third-order valence-corrected chi connectivity index (χ3v) is 3.87. The molecule has 19 heavy (non-hydrogen) atoms.